The first-order valence-corrected chi connectivity index (χ1v) is 11.1. The van der Waals surface area contributed by atoms with E-state index >= 15 is 0 Å². The Kier molecular flexibility index (Phi) is 7.98. The van der Waals surface area contributed by atoms with Crippen LogP contribution in [0.25, 0.3) is 0 Å². The van der Waals surface area contributed by atoms with Crippen molar-refractivity contribution in [3.8, 4) is 0 Å². The third kappa shape index (κ3) is 6.95. The lowest BCUT2D eigenvalue weighted by atomic mass is 9.89. The molecule has 1 aliphatic carbocycles. The van der Waals surface area contributed by atoms with Crippen LogP contribution in [0, 0.1) is 5.92 Å². The third-order valence-corrected chi connectivity index (χ3v) is 5.91. The number of nitrogens with one attached hydrogen (secondary N) is 2. The number of hydrogen-bond donors (Lipinski definition) is 2. The van der Waals surface area contributed by atoms with Gasteiger partial charge in [0.25, 0.3) is 5.91 Å². The number of carbonyl (C=O) groups excluding carboxylic acids is 3. The SMILES string of the molecule is CCCS(=O)(=O)Nc1cccc(C(=O)OCC(=O)NC(=O)C2CCCCC2)c1. The molecule has 0 radical (unpaired) electrons. The maximum atomic E-state index is 12.1. The average molecular weight is 410 g/mol. The van der Waals surface area contributed by atoms with Gasteiger partial charge in [-0.25, -0.2) is 13.2 Å². The lowest BCUT2D eigenvalue weighted by Crippen LogP contribution is -2.38. The van der Waals surface area contributed by atoms with Crippen LogP contribution >= 0.6 is 0 Å². The van der Waals surface area contributed by atoms with Crippen molar-refractivity contribution in [2.75, 3.05) is 17.1 Å². The molecule has 0 heterocycles. The molecule has 0 bridgehead atoms. The lowest BCUT2D eigenvalue weighted by Gasteiger charge is -2.20. The number of sulfonamides is 1. The predicted octanol–water partition coefficient (Wildman–Crippen LogP) is 2.22. The van der Waals surface area contributed by atoms with Crippen molar-refractivity contribution in [1.82, 2.24) is 5.32 Å². The van der Waals surface area contributed by atoms with Gasteiger partial charge in [-0.05, 0) is 37.5 Å². The van der Waals surface area contributed by atoms with Crippen molar-refractivity contribution in [2.45, 2.75) is 45.4 Å². The minimum atomic E-state index is -3.48. The fourth-order valence-corrected chi connectivity index (χ4v) is 4.19. The molecule has 1 aromatic rings. The first-order valence-electron chi connectivity index (χ1n) is 9.42. The molecule has 2 amide bonds. The van der Waals surface area contributed by atoms with Gasteiger partial charge in [-0.1, -0.05) is 32.3 Å². The van der Waals surface area contributed by atoms with Gasteiger partial charge in [-0.15, -0.1) is 0 Å². The van der Waals surface area contributed by atoms with E-state index in [2.05, 4.69) is 10.0 Å². The highest BCUT2D eigenvalue weighted by molar-refractivity contribution is 7.92. The highest BCUT2D eigenvalue weighted by Crippen LogP contribution is 2.23. The van der Waals surface area contributed by atoms with E-state index in [0.717, 1.165) is 32.1 Å². The van der Waals surface area contributed by atoms with Crippen molar-refractivity contribution in [3.05, 3.63) is 29.8 Å². The monoisotopic (exact) mass is 410 g/mol. The zero-order chi connectivity index (χ0) is 20.6. The van der Waals surface area contributed by atoms with Gasteiger partial charge in [0.05, 0.1) is 11.3 Å². The van der Waals surface area contributed by atoms with E-state index in [4.69, 9.17) is 4.74 Å². The van der Waals surface area contributed by atoms with Gasteiger partial charge >= 0.3 is 5.97 Å². The summed E-state index contributed by atoms with van der Waals surface area (Å²) in [5, 5.41) is 2.27. The number of rotatable bonds is 8. The molecule has 0 saturated heterocycles. The maximum Gasteiger partial charge on any atom is 0.338 e. The molecule has 0 spiro atoms. The maximum absolute atomic E-state index is 12.1. The Labute approximate surface area is 165 Å². The molecule has 2 N–H and O–H groups in total. The van der Waals surface area contributed by atoms with E-state index in [9.17, 15) is 22.8 Å². The molecule has 0 atom stereocenters. The van der Waals surface area contributed by atoms with E-state index in [-0.39, 0.29) is 28.8 Å². The van der Waals surface area contributed by atoms with Crippen LogP contribution in [0.2, 0.25) is 0 Å². The summed E-state index contributed by atoms with van der Waals surface area (Å²) in [5.74, 6) is -1.98. The van der Waals surface area contributed by atoms with Crippen molar-refractivity contribution < 1.29 is 27.5 Å². The van der Waals surface area contributed by atoms with Gasteiger partial charge in [0.2, 0.25) is 15.9 Å². The normalized spacial score (nSPS) is 14.9. The smallest absolute Gasteiger partial charge is 0.338 e. The molecule has 1 fully saturated rings. The fourth-order valence-electron chi connectivity index (χ4n) is 3.06. The number of imide groups is 1. The van der Waals surface area contributed by atoms with Gasteiger partial charge in [-0.3, -0.25) is 19.6 Å². The highest BCUT2D eigenvalue weighted by Gasteiger charge is 2.23. The highest BCUT2D eigenvalue weighted by atomic mass is 32.2. The summed E-state index contributed by atoms with van der Waals surface area (Å²) in [6.45, 7) is 1.17. The Morgan fingerprint density at radius 1 is 1.14 bits per heavy atom. The minimum absolute atomic E-state index is 0.0309. The second-order valence-corrected chi connectivity index (χ2v) is 8.67. The lowest BCUT2D eigenvalue weighted by molar-refractivity contribution is -0.135. The fraction of sp³-hybridized carbons (Fsp3) is 0.526. The predicted molar refractivity (Wildman–Crippen MR) is 104 cm³/mol. The van der Waals surface area contributed by atoms with Gasteiger partial charge in [-0.2, -0.15) is 0 Å². The molecule has 1 aliphatic rings. The number of benzene rings is 1. The first-order chi connectivity index (χ1) is 13.3. The molecule has 8 nitrogen and oxygen atoms in total. The van der Waals surface area contributed by atoms with Crippen LogP contribution in [-0.4, -0.2) is 38.6 Å². The Balaban J connectivity index is 1.86. The molecule has 1 saturated carbocycles. The number of carbonyl (C=O) groups is 3. The van der Waals surface area contributed by atoms with Crippen molar-refractivity contribution >= 4 is 33.5 Å². The minimum Gasteiger partial charge on any atom is -0.452 e. The molecule has 154 valence electrons. The summed E-state index contributed by atoms with van der Waals surface area (Å²) in [7, 11) is -3.48. The third-order valence-electron chi connectivity index (χ3n) is 4.42. The number of amides is 2. The van der Waals surface area contributed by atoms with Crippen LogP contribution in [0.5, 0.6) is 0 Å². The van der Waals surface area contributed by atoms with Gasteiger partial charge < -0.3 is 4.74 Å². The van der Waals surface area contributed by atoms with Crippen LogP contribution in [-0.2, 0) is 24.3 Å². The molecular formula is C19H26N2O6S. The van der Waals surface area contributed by atoms with E-state index in [0.29, 0.717) is 6.42 Å². The zero-order valence-electron chi connectivity index (χ0n) is 15.9. The Hall–Kier alpha value is -2.42. The summed E-state index contributed by atoms with van der Waals surface area (Å²) in [6.07, 6.45) is 5.03. The second-order valence-electron chi connectivity index (χ2n) is 6.83. The Morgan fingerprint density at radius 3 is 2.54 bits per heavy atom. The number of ether oxygens (including phenoxy) is 1. The van der Waals surface area contributed by atoms with E-state index < -0.39 is 28.5 Å². The molecule has 28 heavy (non-hydrogen) atoms. The Bertz CT molecular complexity index is 815. The summed E-state index contributed by atoms with van der Waals surface area (Å²) in [4.78, 5) is 36.0. The molecular weight excluding hydrogens is 384 g/mol. The number of anilines is 1. The molecule has 0 aromatic heterocycles. The van der Waals surface area contributed by atoms with Crippen LogP contribution in [0.3, 0.4) is 0 Å². The quantitative estimate of drug-likeness (QED) is 0.634. The molecule has 2 rings (SSSR count). The van der Waals surface area contributed by atoms with Crippen molar-refractivity contribution in [1.29, 1.82) is 0 Å². The largest absolute Gasteiger partial charge is 0.452 e. The van der Waals surface area contributed by atoms with Crippen molar-refractivity contribution in [3.63, 3.8) is 0 Å². The average Bonchev–Trinajstić information content (AvgIpc) is 2.66. The van der Waals surface area contributed by atoms with E-state index in [1.54, 1.807) is 6.92 Å². The second kappa shape index (κ2) is 10.2. The van der Waals surface area contributed by atoms with Gasteiger partial charge in [0, 0.05) is 11.6 Å². The van der Waals surface area contributed by atoms with Crippen LogP contribution in [0.4, 0.5) is 5.69 Å². The van der Waals surface area contributed by atoms with E-state index in [1.165, 1.54) is 24.3 Å². The van der Waals surface area contributed by atoms with Crippen LogP contribution < -0.4 is 10.0 Å². The van der Waals surface area contributed by atoms with E-state index in [1.807, 2.05) is 0 Å². The topological polar surface area (TPSA) is 119 Å². The standard InChI is InChI=1S/C19H26N2O6S/c1-2-11-28(25,26)21-16-10-6-9-15(12-16)19(24)27-13-17(22)20-18(23)14-7-4-3-5-8-14/h6,9-10,12,14,21H,2-5,7-8,11,13H2,1H3,(H,20,22,23). The molecule has 9 heteroatoms. The van der Waals surface area contributed by atoms with Crippen molar-refractivity contribution in [2.24, 2.45) is 5.92 Å². The molecule has 0 aliphatic heterocycles. The summed E-state index contributed by atoms with van der Waals surface area (Å²) in [6, 6.07) is 5.80. The molecule has 0 unspecified atom stereocenters. The van der Waals surface area contributed by atoms with Gasteiger partial charge in [0.1, 0.15) is 0 Å². The number of hydrogen-bond acceptors (Lipinski definition) is 6. The number of esters is 1. The van der Waals surface area contributed by atoms with Crippen LogP contribution in [0.1, 0.15) is 55.8 Å². The van der Waals surface area contributed by atoms with Crippen LogP contribution in [0.15, 0.2) is 24.3 Å². The zero-order valence-corrected chi connectivity index (χ0v) is 16.7. The Morgan fingerprint density at radius 2 is 1.86 bits per heavy atom. The first kappa shape index (κ1) is 21.9. The summed E-state index contributed by atoms with van der Waals surface area (Å²) >= 11 is 0. The van der Waals surface area contributed by atoms with Gasteiger partial charge in [0.15, 0.2) is 6.61 Å². The molecule has 1 aromatic carbocycles. The summed E-state index contributed by atoms with van der Waals surface area (Å²) in [5.41, 5.74) is 0.336. The summed E-state index contributed by atoms with van der Waals surface area (Å²) < 4.78 is 30.9.